The molecule has 1 aromatic rings. The van der Waals surface area contributed by atoms with E-state index < -0.39 is 0 Å². The first-order valence-corrected chi connectivity index (χ1v) is 5.83. The van der Waals surface area contributed by atoms with Crippen LogP contribution in [-0.2, 0) is 0 Å². The summed E-state index contributed by atoms with van der Waals surface area (Å²) < 4.78 is 0. The summed E-state index contributed by atoms with van der Waals surface area (Å²) in [7, 11) is 0. The van der Waals surface area contributed by atoms with Gasteiger partial charge in [0.25, 0.3) is 0 Å². The second-order valence-corrected chi connectivity index (χ2v) is 3.87. The normalized spacial score (nSPS) is 11.7. The minimum absolute atomic E-state index is 0.328. The monoisotopic (exact) mass is 216 g/mol. The van der Waals surface area contributed by atoms with Gasteiger partial charge in [0.2, 0.25) is 0 Å². The maximum atomic E-state index is 4.22. The van der Waals surface area contributed by atoms with Gasteiger partial charge < -0.3 is 5.32 Å². The van der Waals surface area contributed by atoms with Crippen molar-refractivity contribution >= 4 is 0 Å². The van der Waals surface area contributed by atoms with Crippen molar-refractivity contribution in [3.63, 3.8) is 0 Å². The Bertz CT molecular complexity index is 374. The Morgan fingerprint density at radius 3 is 2.94 bits per heavy atom. The molecule has 0 fully saturated rings. The van der Waals surface area contributed by atoms with E-state index in [1.165, 1.54) is 5.56 Å². The highest BCUT2D eigenvalue weighted by molar-refractivity contribution is 5.21. The average Bonchev–Trinajstić information content (AvgIpc) is 2.29. The lowest BCUT2D eigenvalue weighted by Crippen LogP contribution is -2.21. The number of hydrogen-bond donors (Lipinski definition) is 1. The number of nitrogens with one attached hydrogen (secondary N) is 1. The van der Waals surface area contributed by atoms with E-state index >= 15 is 0 Å². The summed E-state index contributed by atoms with van der Waals surface area (Å²) in [5, 5.41) is 3.52. The van der Waals surface area contributed by atoms with E-state index in [2.05, 4.69) is 41.2 Å². The predicted molar refractivity (Wildman–Crippen MR) is 68.1 cm³/mol. The van der Waals surface area contributed by atoms with Crippen LogP contribution in [0.5, 0.6) is 0 Å². The molecule has 2 heteroatoms. The summed E-state index contributed by atoms with van der Waals surface area (Å²) in [5.74, 6) is 6.10. The van der Waals surface area contributed by atoms with Crippen molar-refractivity contribution in [2.24, 2.45) is 0 Å². The van der Waals surface area contributed by atoms with Gasteiger partial charge in [-0.05, 0) is 44.5 Å². The van der Waals surface area contributed by atoms with Gasteiger partial charge in [0, 0.05) is 24.4 Å². The summed E-state index contributed by atoms with van der Waals surface area (Å²) in [6, 6.07) is 4.52. The molecule has 0 aliphatic carbocycles. The zero-order chi connectivity index (χ0) is 11.8. The first-order chi connectivity index (χ1) is 7.77. The molecule has 0 radical (unpaired) electrons. The Balaban J connectivity index is 2.76. The van der Waals surface area contributed by atoms with E-state index in [0.29, 0.717) is 6.04 Å². The molecule has 1 N–H and O–H groups in total. The molecule has 1 rings (SSSR count). The summed E-state index contributed by atoms with van der Waals surface area (Å²) in [4.78, 5) is 4.22. The molecule has 1 heterocycles. The SMILES string of the molecule is CC#CCC(NCCC)c1ccnc(C)c1. The van der Waals surface area contributed by atoms with Crippen molar-refractivity contribution < 1.29 is 0 Å². The van der Waals surface area contributed by atoms with Crippen molar-refractivity contribution in [1.82, 2.24) is 10.3 Å². The van der Waals surface area contributed by atoms with Crippen LogP contribution in [0.4, 0.5) is 0 Å². The third-order valence-electron chi connectivity index (χ3n) is 2.45. The van der Waals surface area contributed by atoms with Gasteiger partial charge in [-0.3, -0.25) is 4.98 Å². The molecule has 0 aliphatic heterocycles. The maximum absolute atomic E-state index is 4.22. The van der Waals surface area contributed by atoms with E-state index in [1.807, 2.05) is 20.0 Å². The van der Waals surface area contributed by atoms with Crippen molar-refractivity contribution in [3.05, 3.63) is 29.6 Å². The van der Waals surface area contributed by atoms with Crippen LogP contribution in [0, 0.1) is 18.8 Å². The summed E-state index contributed by atoms with van der Waals surface area (Å²) in [5.41, 5.74) is 2.34. The summed E-state index contributed by atoms with van der Waals surface area (Å²) in [6.45, 7) is 7.10. The smallest absolute Gasteiger partial charge is 0.0432 e. The van der Waals surface area contributed by atoms with Crippen molar-refractivity contribution in [2.75, 3.05) is 6.54 Å². The lowest BCUT2D eigenvalue weighted by atomic mass is 10.0. The fraction of sp³-hybridized carbons (Fsp3) is 0.500. The molecule has 0 saturated carbocycles. The molecule has 16 heavy (non-hydrogen) atoms. The molecule has 1 unspecified atom stereocenters. The first kappa shape index (κ1) is 12.7. The van der Waals surface area contributed by atoms with Gasteiger partial charge in [0.05, 0.1) is 0 Å². The molecule has 0 spiro atoms. The Morgan fingerprint density at radius 2 is 2.31 bits per heavy atom. The van der Waals surface area contributed by atoms with E-state index in [-0.39, 0.29) is 0 Å². The molecular weight excluding hydrogens is 196 g/mol. The number of aryl methyl sites for hydroxylation is 1. The van der Waals surface area contributed by atoms with Crippen LogP contribution >= 0.6 is 0 Å². The topological polar surface area (TPSA) is 24.9 Å². The van der Waals surface area contributed by atoms with Crippen LogP contribution in [-0.4, -0.2) is 11.5 Å². The predicted octanol–water partition coefficient (Wildman–Crippen LogP) is 2.84. The van der Waals surface area contributed by atoms with Crippen LogP contribution < -0.4 is 5.32 Å². The van der Waals surface area contributed by atoms with Crippen LogP contribution in [0.1, 0.15) is 44.0 Å². The first-order valence-electron chi connectivity index (χ1n) is 5.83. The molecule has 2 nitrogen and oxygen atoms in total. The molecular formula is C14H20N2. The van der Waals surface area contributed by atoms with Gasteiger partial charge in [0.15, 0.2) is 0 Å². The van der Waals surface area contributed by atoms with Crippen molar-refractivity contribution in [3.8, 4) is 11.8 Å². The fourth-order valence-electron chi connectivity index (χ4n) is 1.61. The van der Waals surface area contributed by atoms with E-state index in [1.54, 1.807) is 0 Å². The summed E-state index contributed by atoms with van der Waals surface area (Å²) in [6.07, 6.45) is 3.87. The molecule has 0 amide bonds. The van der Waals surface area contributed by atoms with Crippen LogP contribution in [0.15, 0.2) is 18.3 Å². The molecule has 86 valence electrons. The van der Waals surface area contributed by atoms with Gasteiger partial charge in [-0.2, -0.15) is 0 Å². The lowest BCUT2D eigenvalue weighted by Gasteiger charge is -2.16. The third-order valence-corrected chi connectivity index (χ3v) is 2.45. The van der Waals surface area contributed by atoms with Gasteiger partial charge in [-0.25, -0.2) is 0 Å². The van der Waals surface area contributed by atoms with Gasteiger partial charge in [-0.1, -0.05) is 6.92 Å². The molecule has 1 atom stereocenters. The van der Waals surface area contributed by atoms with Gasteiger partial charge in [0.1, 0.15) is 0 Å². The Hall–Kier alpha value is -1.33. The zero-order valence-corrected chi connectivity index (χ0v) is 10.4. The minimum atomic E-state index is 0.328. The number of aromatic nitrogens is 1. The quantitative estimate of drug-likeness (QED) is 0.766. The fourth-order valence-corrected chi connectivity index (χ4v) is 1.61. The highest BCUT2D eigenvalue weighted by atomic mass is 14.9. The van der Waals surface area contributed by atoms with Crippen LogP contribution in [0.25, 0.3) is 0 Å². The van der Waals surface area contributed by atoms with Crippen LogP contribution in [0.2, 0.25) is 0 Å². The maximum Gasteiger partial charge on any atom is 0.0432 e. The third kappa shape index (κ3) is 4.04. The van der Waals surface area contributed by atoms with E-state index in [9.17, 15) is 0 Å². The zero-order valence-electron chi connectivity index (χ0n) is 10.4. The standard InChI is InChI=1S/C14H20N2/c1-4-6-7-14(16-9-5-2)13-8-10-15-12(3)11-13/h8,10-11,14,16H,5,7,9H2,1-3H3. The lowest BCUT2D eigenvalue weighted by molar-refractivity contribution is 0.541. The number of rotatable bonds is 5. The van der Waals surface area contributed by atoms with Gasteiger partial charge in [-0.15, -0.1) is 11.8 Å². The highest BCUT2D eigenvalue weighted by Crippen LogP contribution is 2.16. The molecule has 0 aromatic carbocycles. The number of pyridine rings is 1. The molecule has 1 aromatic heterocycles. The Kier molecular flexibility index (Phi) is 5.60. The Labute approximate surface area is 98.5 Å². The number of nitrogens with zero attached hydrogens (tertiary/aromatic N) is 1. The van der Waals surface area contributed by atoms with Crippen molar-refractivity contribution in [1.29, 1.82) is 0 Å². The Morgan fingerprint density at radius 1 is 1.50 bits per heavy atom. The van der Waals surface area contributed by atoms with Crippen molar-refractivity contribution in [2.45, 2.75) is 39.7 Å². The summed E-state index contributed by atoms with van der Waals surface area (Å²) >= 11 is 0. The van der Waals surface area contributed by atoms with Crippen LogP contribution in [0.3, 0.4) is 0 Å². The second kappa shape index (κ2) is 7.03. The number of hydrogen-bond acceptors (Lipinski definition) is 2. The second-order valence-electron chi connectivity index (χ2n) is 3.87. The van der Waals surface area contributed by atoms with E-state index in [0.717, 1.165) is 25.1 Å². The van der Waals surface area contributed by atoms with E-state index in [4.69, 9.17) is 0 Å². The molecule has 0 saturated heterocycles. The highest BCUT2D eigenvalue weighted by Gasteiger charge is 2.08. The van der Waals surface area contributed by atoms with Gasteiger partial charge >= 0.3 is 0 Å². The largest absolute Gasteiger partial charge is 0.309 e. The molecule has 0 aliphatic rings. The molecule has 0 bridgehead atoms. The minimum Gasteiger partial charge on any atom is -0.309 e. The average molecular weight is 216 g/mol.